The SMILES string of the molecule is COc1c(N2CCNC(C)C2)c(F)cc2c(=O)c(C(=O)OCOC(=O)NCCC(O)(P)P)cn(C3CC3)c12. The number of halogens is 1. The Hall–Kier alpha value is -2.52. The fourth-order valence-electron chi connectivity index (χ4n) is 4.48. The average Bonchev–Trinajstić information content (AvgIpc) is 3.68. The Labute approximate surface area is 223 Å². The summed E-state index contributed by atoms with van der Waals surface area (Å²) in [5.41, 5.74) is -0.282. The number of carbonyl (C=O) groups is 2. The lowest BCUT2D eigenvalue weighted by Gasteiger charge is -2.35. The van der Waals surface area contributed by atoms with E-state index in [0.717, 1.165) is 18.9 Å². The number of rotatable bonds is 9. The number of methoxy groups -OCH3 is 1. The van der Waals surface area contributed by atoms with E-state index >= 15 is 4.39 Å². The summed E-state index contributed by atoms with van der Waals surface area (Å²) < 4.78 is 32.8. The van der Waals surface area contributed by atoms with Gasteiger partial charge in [-0.25, -0.2) is 14.0 Å². The molecule has 1 aliphatic heterocycles. The molecule has 1 aromatic carbocycles. The maximum Gasteiger partial charge on any atom is 0.410 e. The predicted octanol–water partition coefficient (Wildman–Crippen LogP) is 1.91. The molecule has 3 atom stereocenters. The smallest absolute Gasteiger partial charge is 0.410 e. The number of fused-ring (bicyclic) bond motifs is 1. The number of aliphatic hydroxyl groups is 1. The lowest BCUT2D eigenvalue weighted by Crippen LogP contribution is -2.49. The zero-order chi connectivity index (χ0) is 27.6. The van der Waals surface area contributed by atoms with Gasteiger partial charge in [-0.15, -0.1) is 0 Å². The molecule has 2 heterocycles. The quantitative estimate of drug-likeness (QED) is 0.235. The minimum absolute atomic E-state index is 0.00801. The third-order valence-electron chi connectivity index (χ3n) is 6.42. The van der Waals surface area contributed by atoms with Gasteiger partial charge in [0, 0.05) is 50.9 Å². The normalized spacial score (nSPS) is 17.8. The van der Waals surface area contributed by atoms with Crippen LogP contribution in [-0.4, -0.2) is 72.9 Å². The molecule has 1 saturated heterocycles. The predicted molar refractivity (Wildman–Crippen MR) is 146 cm³/mol. The van der Waals surface area contributed by atoms with Crippen LogP contribution in [0.15, 0.2) is 17.1 Å². The number of benzene rings is 1. The van der Waals surface area contributed by atoms with Gasteiger partial charge < -0.3 is 39.4 Å². The maximum atomic E-state index is 15.5. The molecule has 1 saturated carbocycles. The minimum Gasteiger partial charge on any atom is -0.492 e. The largest absolute Gasteiger partial charge is 0.492 e. The van der Waals surface area contributed by atoms with E-state index in [0.29, 0.717) is 30.8 Å². The standard InChI is InChI=1S/C24H33FN4O7P2/c1-13-10-28(8-7-26-13)19-17(25)9-15-18(21(19)34-2)29(14-3-4-14)11-16(20(15)30)22(31)35-12-36-23(32)27-6-5-24(33,37)38/h9,11,13-14,26,33H,3-8,10,12,37-38H2,1-2H3,(H,27,32). The maximum absolute atomic E-state index is 15.5. The molecule has 1 aromatic heterocycles. The van der Waals surface area contributed by atoms with Crippen LogP contribution < -0.4 is 25.7 Å². The van der Waals surface area contributed by atoms with Crippen molar-refractivity contribution in [2.24, 2.45) is 0 Å². The molecule has 0 spiro atoms. The molecule has 2 fully saturated rings. The number of esters is 1. The van der Waals surface area contributed by atoms with Crippen molar-refractivity contribution in [1.29, 1.82) is 0 Å². The first-order chi connectivity index (χ1) is 18.0. The van der Waals surface area contributed by atoms with Gasteiger partial charge in [0.05, 0.1) is 23.1 Å². The van der Waals surface area contributed by atoms with Crippen LogP contribution in [0.2, 0.25) is 0 Å². The molecule has 3 N–H and O–H groups in total. The zero-order valence-electron chi connectivity index (χ0n) is 21.3. The summed E-state index contributed by atoms with van der Waals surface area (Å²) in [6.45, 7) is 3.23. The van der Waals surface area contributed by atoms with Gasteiger partial charge in [-0.2, -0.15) is 0 Å². The minimum atomic E-state index is -1.12. The molecule has 4 rings (SSSR count). The number of nitrogens with one attached hydrogen (secondary N) is 2. The van der Waals surface area contributed by atoms with Gasteiger partial charge in [0.1, 0.15) is 11.3 Å². The van der Waals surface area contributed by atoms with E-state index in [-0.39, 0.29) is 41.7 Å². The molecule has 11 nitrogen and oxygen atoms in total. The third-order valence-corrected chi connectivity index (χ3v) is 7.00. The van der Waals surface area contributed by atoms with Crippen LogP contribution >= 0.6 is 18.5 Å². The Morgan fingerprint density at radius 2 is 2.05 bits per heavy atom. The van der Waals surface area contributed by atoms with Crippen molar-refractivity contribution >= 4 is 47.1 Å². The second kappa shape index (κ2) is 11.7. The molecule has 1 aliphatic carbocycles. The number of pyridine rings is 1. The van der Waals surface area contributed by atoms with Crippen LogP contribution in [0.25, 0.3) is 10.9 Å². The Morgan fingerprint density at radius 1 is 1.32 bits per heavy atom. The molecule has 0 radical (unpaired) electrons. The van der Waals surface area contributed by atoms with Crippen LogP contribution in [0.3, 0.4) is 0 Å². The van der Waals surface area contributed by atoms with Crippen molar-refractivity contribution in [1.82, 2.24) is 15.2 Å². The second-order valence-corrected chi connectivity index (χ2v) is 12.3. The first-order valence-electron chi connectivity index (χ1n) is 12.3. The molecule has 2 aromatic rings. The summed E-state index contributed by atoms with van der Waals surface area (Å²) in [6.07, 6.45) is 2.45. The number of anilines is 1. The monoisotopic (exact) mass is 570 g/mol. The molecule has 2 aliphatic rings. The van der Waals surface area contributed by atoms with Crippen molar-refractivity contribution in [3.63, 3.8) is 0 Å². The number of aromatic nitrogens is 1. The van der Waals surface area contributed by atoms with Gasteiger partial charge in [-0.1, -0.05) is 18.5 Å². The Bertz CT molecular complexity index is 1280. The third kappa shape index (κ3) is 6.54. The van der Waals surface area contributed by atoms with E-state index in [1.54, 1.807) is 4.57 Å². The lowest BCUT2D eigenvalue weighted by molar-refractivity contribution is -0.00250. The first-order valence-corrected chi connectivity index (χ1v) is 13.5. The van der Waals surface area contributed by atoms with Gasteiger partial charge >= 0.3 is 12.1 Å². The summed E-state index contributed by atoms with van der Waals surface area (Å²) in [6, 6.07) is 1.32. The van der Waals surface area contributed by atoms with E-state index in [4.69, 9.17) is 14.2 Å². The number of alkyl carbamates (subject to hydrolysis) is 1. The number of hydrogen-bond donors (Lipinski definition) is 3. The van der Waals surface area contributed by atoms with Crippen LogP contribution in [0, 0.1) is 5.82 Å². The Balaban J connectivity index is 1.59. The summed E-state index contributed by atoms with van der Waals surface area (Å²) >= 11 is 0. The summed E-state index contributed by atoms with van der Waals surface area (Å²) in [4.78, 5) is 39.8. The van der Waals surface area contributed by atoms with E-state index < -0.39 is 35.2 Å². The molecular formula is C24H33FN4O7P2. The second-order valence-electron chi connectivity index (χ2n) is 9.60. The Kier molecular flexibility index (Phi) is 8.77. The summed E-state index contributed by atoms with van der Waals surface area (Å²) in [5, 5.41) is 14.2. The number of amides is 1. The zero-order valence-corrected chi connectivity index (χ0v) is 23.6. The van der Waals surface area contributed by atoms with E-state index in [1.165, 1.54) is 13.3 Å². The molecule has 3 unspecified atom stereocenters. The van der Waals surface area contributed by atoms with Crippen LogP contribution in [0.4, 0.5) is 14.9 Å². The van der Waals surface area contributed by atoms with Crippen molar-refractivity contribution in [3.05, 3.63) is 33.9 Å². The highest BCUT2D eigenvalue weighted by Gasteiger charge is 2.32. The molecule has 208 valence electrons. The fourth-order valence-corrected chi connectivity index (χ4v) is 4.77. The van der Waals surface area contributed by atoms with Gasteiger partial charge in [-0.05, 0) is 25.8 Å². The fraction of sp³-hybridized carbons (Fsp3) is 0.542. The summed E-state index contributed by atoms with van der Waals surface area (Å²) in [7, 11) is 5.85. The molecule has 0 bridgehead atoms. The molecular weight excluding hydrogens is 537 g/mol. The van der Waals surface area contributed by atoms with Gasteiger partial charge in [0.2, 0.25) is 12.2 Å². The average molecular weight is 570 g/mol. The van der Waals surface area contributed by atoms with Gasteiger partial charge in [-0.3, -0.25) is 4.79 Å². The molecule has 38 heavy (non-hydrogen) atoms. The first kappa shape index (κ1) is 28.5. The number of carbonyl (C=O) groups excluding carboxylic acids is 2. The van der Waals surface area contributed by atoms with Crippen molar-refractivity contribution in [3.8, 4) is 5.75 Å². The number of hydrogen-bond acceptors (Lipinski definition) is 9. The van der Waals surface area contributed by atoms with E-state index in [2.05, 4.69) is 29.1 Å². The lowest BCUT2D eigenvalue weighted by atomic mass is 10.1. The molecule has 1 amide bonds. The van der Waals surface area contributed by atoms with Gasteiger partial charge in [0.15, 0.2) is 11.6 Å². The van der Waals surface area contributed by atoms with E-state index in [1.807, 2.05) is 11.8 Å². The van der Waals surface area contributed by atoms with E-state index in [9.17, 15) is 19.5 Å². The number of piperazine rings is 1. The highest BCUT2D eigenvalue weighted by Crippen LogP contribution is 2.43. The van der Waals surface area contributed by atoms with Crippen molar-refractivity contribution < 1.29 is 33.3 Å². The van der Waals surface area contributed by atoms with Gasteiger partial charge in [0.25, 0.3) is 0 Å². The topological polar surface area (TPSA) is 131 Å². The Morgan fingerprint density at radius 3 is 2.68 bits per heavy atom. The number of ether oxygens (including phenoxy) is 3. The number of nitrogens with zero attached hydrogens (tertiary/aromatic N) is 2. The van der Waals surface area contributed by atoms with Crippen LogP contribution in [0.1, 0.15) is 42.6 Å². The van der Waals surface area contributed by atoms with Crippen molar-refractivity contribution in [2.75, 3.05) is 45.0 Å². The van der Waals surface area contributed by atoms with Crippen LogP contribution in [-0.2, 0) is 9.47 Å². The summed E-state index contributed by atoms with van der Waals surface area (Å²) in [5.74, 6) is -1.36. The van der Waals surface area contributed by atoms with Crippen LogP contribution in [0.5, 0.6) is 5.75 Å². The highest BCUT2D eigenvalue weighted by molar-refractivity contribution is 7.39. The molecule has 14 heteroatoms. The highest BCUT2D eigenvalue weighted by atomic mass is 31.1. The van der Waals surface area contributed by atoms with Crippen molar-refractivity contribution in [2.45, 2.75) is 43.4 Å².